The third kappa shape index (κ3) is 16.8. The largest absolute Gasteiger partial charge is 0.487 e. The van der Waals surface area contributed by atoms with Gasteiger partial charge in [0.2, 0.25) is 0 Å². The first-order valence-electron chi connectivity index (χ1n) is 30.7. The fourth-order valence-electron chi connectivity index (χ4n) is 11.6. The zero-order valence-corrected chi connectivity index (χ0v) is 50.6. The molecule has 0 saturated carbocycles. The number of unbranched alkanes of at least 4 members (excludes halogenated alkanes) is 9. The summed E-state index contributed by atoms with van der Waals surface area (Å²) in [6, 6.07) is 8.78. The summed E-state index contributed by atoms with van der Waals surface area (Å²) >= 11 is 0. The van der Waals surface area contributed by atoms with Crippen LogP contribution >= 0.6 is 0 Å². The molecule has 4 aromatic rings. The van der Waals surface area contributed by atoms with Crippen LogP contribution in [0.25, 0.3) is 22.3 Å². The van der Waals surface area contributed by atoms with Gasteiger partial charge in [-0.25, -0.2) is 9.78 Å². The van der Waals surface area contributed by atoms with Crippen LogP contribution in [0.2, 0.25) is 0 Å². The lowest BCUT2D eigenvalue weighted by Gasteiger charge is -2.38. The summed E-state index contributed by atoms with van der Waals surface area (Å²) in [6.45, 7) is 28.0. The predicted molar refractivity (Wildman–Crippen MR) is 317 cm³/mol. The van der Waals surface area contributed by atoms with E-state index in [1.165, 1.54) is 108 Å². The Bertz CT molecular complexity index is 2690. The van der Waals surface area contributed by atoms with Gasteiger partial charge in [-0.2, -0.15) is 0 Å². The number of pyridine rings is 2. The number of hydrogen-bond acceptors (Lipinski definition) is 10. The van der Waals surface area contributed by atoms with Crippen molar-refractivity contribution in [3.8, 4) is 28.6 Å². The zero-order valence-electron chi connectivity index (χ0n) is 50.6. The van der Waals surface area contributed by atoms with Gasteiger partial charge in [0.1, 0.15) is 29.5 Å². The summed E-state index contributed by atoms with van der Waals surface area (Å²) in [7, 11) is 0. The third-order valence-electron chi connectivity index (χ3n) is 16.8. The van der Waals surface area contributed by atoms with Gasteiger partial charge in [0, 0.05) is 34.9 Å². The summed E-state index contributed by atoms with van der Waals surface area (Å²) in [5, 5.41) is 11.7. The highest BCUT2D eigenvalue weighted by atomic mass is 16.6. The summed E-state index contributed by atoms with van der Waals surface area (Å²) in [5.74, 6) is 3.61. The minimum atomic E-state index is -1.85. The lowest BCUT2D eigenvalue weighted by molar-refractivity contribution is -0.172. The lowest BCUT2D eigenvalue weighted by Crippen LogP contribution is -2.44. The number of rotatable bonds is 27. The molecule has 5 heterocycles. The highest BCUT2D eigenvalue weighted by Gasteiger charge is 2.45. The minimum Gasteiger partial charge on any atom is -0.487 e. The summed E-state index contributed by atoms with van der Waals surface area (Å²) in [4.78, 5) is 54.5. The number of aromatic nitrogens is 2. The van der Waals surface area contributed by atoms with Crippen molar-refractivity contribution in [2.24, 2.45) is 17.8 Å². The molecule has 0 amide bonds. The van der Waals surface area contributed by atoms with Crippen LogP contribution < -0.4 is 19.8 Å². The van der Waals surface area contributed by atoms with Crippen molar-refractivity contribution in [1.82, 2.24) is 9.55 Å². The van der Waals surface area contributed by atoms with E-state index in [1.54, 1.807) is 42.7 Å². The highest BCUT2D eigenvalue weighted by Crippen LogP contribution is 2.46. The third-order valence-corrected chi connectivity index (χ3v) is 16.8. The molecule has 3 aliphatic rings. The van der Waals surface area contributed by atoms with Gasteiger partial charge < -0.3 is 28.6 Å². The van der Waals surface area contributed by atoms with Crippen LogP contribution in [-0.2, 0) is 44.3 Å². The smallest absolute Gasteiger partial charge is 0.343 e. The average molecular weight is 1080 g/mol. The predicted octanol–water partition coefficient (Wildman–Crippen LogP) is 16.8. The number of carbonyl (C=O) groups excluding carboxylic acids is 3. The van der Waals surface area contributed by atoms with Crippen LogP contribution in [0, 0.1) is 38.5 Å². The van der Waals surface area contributed by atoms with E-state index in [2.05, 4.69) is 62.3 Å². The molecule has 1 N–H and O–H groups in total. The summed E-state index contributed by atoms with van der Waals surface area (Å²) < 4.78 is 24.8. The van der Waals surface area contributed by atoms with Crippen molar-refractivity contribution in [3.63, 3.8) is 0 Å². The van der Waals surface area contributed by atoms with Crippen LogP contribution in [0.15, 0.2) is 35.1 Å². The second kappa shape index (κ2) is 30.5. The Morgan fingerprint density at radius 2 is 1.37 bits per heavy atom. The van der Waals surface area contributed by atoms with E-state index in [4.69, 9.17) is 23.9 Å². The number of aliphatic hydroxyl groups is 1. The molecule has 0 bridgehead atoms. The van der Waals surface area contributed by atoms with Gasteiger partial charge in [-0.3, -0.25) is 14.4 Å². The van der Waals surface area contributed by atoms with Gasteiger partial charge in [0.15, 0.2) is 5.60 Å². The van der Waals surface area contributed by atoms with Crippen molar-refractivity contribution in [3.05, 3.63) is 79.6 Å². The Labute approximate surface area is 469 Å². The van der Waals surface area contributed by atoms with E-state index in [0.29, 0.717) is 46.7 Å². The Hall–Kier alpha value is -5.03. The Balaban J connectivity index is 0.000000294. The van der Waals surface area contributed by atoms with Gasteiger partial charge in [-0.05, 0) is 131 Å². The molecule has 4 atom stereocenters. The quantitative estimate of drug-likeness (QED) is 0.0307. The second-order valence-corrected chi connectivity index (χ2v) is 23.6. The number of cyclic esters (lactones) is 1. The maximum Gasteiger partial charge on any atom is 0.343 e. The molecule has 3 aliphatic heterocycles. The monoisotopic (exact) mass is 1080 g/mol. The number of hydrogen-bond donors (Lipinski definition) is 1. The van der Waals surface area contributed by atoms with Crippen molar-refractivity contribution in [2.75, 3.05) is 0 Å². The van der Waals surface area contributed by atoms with E-state index < -0.39 is 11.6 Å². The van der Waals surface area contributed by atoms with Gasteiger partial charge in [-0.15, -0.1) is 0 Å². The van der Waals surface area contributed by atoms with Crippen molar-refractivity contribution in [2.45, 2.75) is 268 Å². The number of benzene rings is 2. The van der Waals surface area contributed by atoms with Crippen molar-refractivity contribution < 1.29 is 38.4 Å². The molecule has 0 unspecified atom stereocenters. The maximum atomic E-state index is 13.2. The van der Waals surface area contributed by atoms with Crippen LogP contribution in [-0.4, -0.2) is 38.2 Å². The number of ether oxygens (including phenoxy) is 4. The average Bonchev–Trinajstić information content (AvgIpc) is 3.83. The number of esters is 3. The van der Waals surface area contributed by atoms with Crippen LogP contribution in [0.5, 0.6) is 17.2 Å². The SMILES string of the molecule is CC.CCC(=O)Oc1ccc2nc3c(cc2c1)Cn1c-3cc2c(c1=O)COC(=O)[C@]2(O)CC.CCCCCCCCCCCCC(=O)Oc1c(C)c(C)c2c(c1C)CC[C@@](C)(CCC[C@H](C)CCC[C@H](C)CCCC(C)C)O2. The van der Waals surface area contributed by atoms with Crippen LogP contribution in [0.3, 0.4) is 0 Å². The van der Waals surface area contributed by atoms with Crippen molar-refractivity contribution >= 4 is 28.8 Å². The normalized spacial score (nSPS) is 17.8. The number of nitrogens with zero attached hydrogens (tertiary/aromatic N) is 2. The van der Waals surface area contributed by atoms with E-state index in [1.807, 2.05) is 19.9 Å². The second-order valence-electron chi connectivity index (χ2n) is 23.6. The molecule has 7 rings (SSSR count). The fourth-order valence-corrected chi connectivity index (χ4v) is 11.6. The van der Waals surface area contributed by atoms with E-state index in [9.17, 15) is 24.3 Å². The molecule has 78 heavy (non-hydrogen) atoms. The van der Waals surface area contributed by atoms with Crippen LogP contribution in [0.4, 0.5) is 0 Å². The Kier molecular flexibility index (Phi) is 25.0. The molecule has 0 fully saturated rings. The number of carbonyl (C=O) groups is 3. The van der Waals surface area contributed by atoms with E-state index in [-0.39, 0.29) is 42.5 Å². The Morgan fingerprint density at radius 3 is 2.00 bits per heavy atom. The molecule has 0 radical (unpaired) electrons. The van der Waals surface area contributed by atoms with Gasteiger partial charge in [-0.1, -0.05) is 165 Å². The zero-order chi connectivity index (χ0) is 57.2. The lowest BCUT2D eigenvalue weighted by atomic mass is 9.83. The fraction of sp³-hybridized carbons (Fsp3) is 0.657. The molecule has 11 heteroatoms. The molecular formula is C67H100N2O9. The molecule has 11 nitrogen and oxygen atoms in total. The molecule has 0 spiro atoms. The minimum absolute atomic E-state index is 0.0867. The maximum absolute atomic E-state index is 13.2. The number of fused-ring (bicyclic) bond motifs is 6. The van der Waals surface area contributed by atoms with Gasteiger partial charge in [0.05, 0.1) is 29.0 Å². The van der Waals surface area contributed by atoms with Crippen LogP contribution in [0.1, 0.15) is 256 Å². The molecule has 2 aromatic carbocycles. The highest BCUT2D eigenvalue weighted by molar-refractivity contribution is 5.87. The first-order chi connectivity index (χ1) is 37.3. The molecule has 0 aliphatic carbocycles. The van der Waals surface area contributed by atoms with Gasteiger partial charge in [0.25, 0.3) is 5.56 Å². The first-order valence-corrected chi connectivity index (χ1v) is 30.7. The van der Waals surface area contributed by atoms with Crippen molar-refractivity contribution in [1.29, 1.82) is 0 Å². The standard InChI is InChI=1S/C42H74O3.C23H20N2O6.C2H6/c1-10-11-12-13-14-15-16-17-18-19-28-39(43)44-40-35(6)36(7)41-38(37(40)8)29-31-42(9,45-41)30-22-27-34(5)26-21-25-33(4)24-20-23-32(2)3;1-3-19(26)31-14-5-6-17-12(8-14)7-13-10-25-18(20(13)24-17)9-16-15(21(25)27)11-30-22(28)23(16,29)4-2;1-2/h32-34H,10-31H2,1-9H3;5-9,29H,3-4,10-11H2,1-2H3;1-2H3/t33-,34-,42-;23-;/m10./s1. The topological polar surface area (TPSA) is 143 Å². The van der Waals surface area contributed by atoms with E-state index in [0.717, 1.165) is 89.0 Å². The molecule has 2 aromatic heterocycles. The molecule has 0 saturated heterocycles. The Morgan fingerprint density at radius 1 is 0.744 bits per heavy atom. The molecular weight excluding hydrogens is 977 g/mol. The summed E-state index contributed by atoms with van der Waals surface area (Å²) in [6.07, 6.45) is 27.5. The summed E-state index contributed by atoms with van der Waals surface area (Å²) in [5.41, 5.74) is 5.55. The van der Waals surface area contributed by atoms with Gasteiger partial charge >= 0.3 is 17.9 Å². The first kappa shape index (κ1) is 63.8. The molecule has 432 valence electrons. The van der Waals surface area contributed by atoms with E-state index >= 15 is 0 Å².